The van der Waals surface area contributed by atoms with Gasteiger partial charge in [-0.2, -0.15) is 5.06 Å². The number of rotatable bonds is 9. The molecule has 0 aliphatic carbocycles. The molecule has 5 aromatic carbocycles. The number of hydroxylamine groups is 2. The molecule has 0 saturated carbocycles. The van der Waals surface area contributed by atoms with Gasteiger partial charge in [0.1, 0.15) is 7.14 Å². The van der Waals surface area contributed by atoms with Gasteiger partial charge in [0.05, 0.1) is 36.6 Å². The highest BCUT2D eigenvalue weighted by molar-refractivity contribution is 7.72. The van der Waals surface area contributed by atoms with E-state index in [0.717, 1.165) is 11.7 Å². The van der Waals surface area contributed by atoms with Crippen LogP contribution in [0.4, 0.5) is 0 Å². The van der Waals surface area contributed by atoms with Crippen LogP contribution in [0.15, 0.2) is 152 Å². The average Bonchev–Trinajstić information content (AvgIpc) is 3.82. The van der Waals surface area contributed by atoms with Gasteiger partial charge in [-0.3, -0.25) is 4.84 Å². The molecule has 0 amide bonds. The summed E-state index contributed by atoms with van der Waals surface area (Å²) in [6.45, 7) is 14.5. The Morgan fingerprint density at radius 3 is 1.39 bits per heavy atom. The second-order valence-corrected chi connectivity index (χ2v) is 29.1. The summed E-state index contributed by atoms with van der Waals surface area (Å²) in [5.74, 6) is 0. The van der Waals surface area contributed by atoms with Crippen molar-refractivity contribution in [2.75, 3.05) is 12.7 Å². The van der Waals surface area contributed by atoms with Gasteiger partial charge < -0.3 is 13.4 Å². The summed E-state index contributed by atoms with van der Waals surface area (Å²) in [6.07, 6.45) is 0.524. The fraction of sp³-hybridized carbons (Fsp3) is 0.348. The fourth-order valence-corrected chi connectivity index (χ4v) is 23.1. The molecule has 5 aromatic rings. The van der Waals surface area contributed by atoms with Gasteiger partial charge in [-0.05, 0) is 37.2 Å². The molecule has 5 nitrogen and oxygen atoms in total. The molecule has 6 atom stereocenters. The second-order valence-electron chi connectivity index (χ2n) is 17.4. The third kappa shape index (κ3) is 6.08. The molecule has 280 valence electrons. The lowest BCUT2D eigenvalue weighted by molar-refractivity contribution is -0.153. The lowest BCUT2D eigenvalue weighted by Crippen LogP contribution is -2.71. The lowest BCUT2D eigenvalue weighted by atomic mass is 10.0. The van der Waals surface area contributed by atoms with Crippen molar-refractivity contribution in [2.24, 2.45) is 0 Å². The van der Waals surface area contributed by atoms with Crippen LogP contribution < -0.4 is 26.1 Å². The van der Waals surface area contributed by atoms with Crippen molar-refractivity contribution < 1.29 is 18.3 Å². The second kappa shape index (κ2) is 14.3. The Hall–Kier alpha value is -3.40. The minimum absolute atomic E-state index is 0.125. The molecule has 0 N–H and O–H groups in total. The molecule has 0 unspecified atom stereocenters. The van der Waals surface area contributed by atoms with Crippen molar-refractivity contribution in [3.8, 4) is 0 Å². The molecule has 3 saturated heterocycles. The Kier molecular flexibility index (Phi) is 9.92. The number of nitrogens with zero attached hydrogens (tertiary/aromatic N) is 1. The van der Waals surface area contributed by atoms with Crippen LogP contribution in [0.2, 0.25) is 10.1 Å². The van der Waals surface area contributed by atoms with Crippen molar-refractivity contribution in [2.45, 2.75) is 88.1 Å². The van der Waals surface area contributed by atoms with Crippen LogP contribution in [0.1, 0.15) is 48.0 Å². The zero-order valence-electron chi connectivity index (χ0n) is 32.5. The quantitative estimate of drug-likeness (QED) is 0.116. The summed E-state index contributed by atoms with van der Waals surface area (Å²) in [5.41, 5.74) is -0.198. The molecule has 3 aliphatic rings. The van der Waals surface area contributed by atoms with Gasteiger partial charge in [-0.1, -0.05) is 193 Å². The Morgan fingerprint density at radius 1 is 0.593 bits per heavy atom. The highest BCUT2D eigenvalue weighted by Crippen LogP contribution is 2.64. The first kappa shape index (κ1) is 37.5. The standard InChI is InChI=1S/C46H54NO4PSi2/c1-45(2,3)53(36-24-14-8-15-25-36,37-26-16-9-17-27-37)50-41-34-47-42(44-40(49-47)32-33-52(44,48)35-22-12-7-13-23-35)43(41)51-54(46(4,5)6,38-28-18-10-19-29-38)39-30-20-11-21-31-39/h7-31,40-44H,32-34H2,1-6H3/t40-,41-,42-,43+,44+,52-/m0/s1. The molecule has 54 heavy (non-hydrogen) atoms. The molecular formula is C46H54NO4PSi2. The third-order valence-corrected chi connectivity index (χ3v) is 26.1. The minimum atomic E-state index is -3.10. The van der Waals surface area contributed by atoms with Gasteiger partial charge in [-0.15, -0.1) is 0 Å². The average molecular weight is 772 g/mol. The summed E-state index contributed by atoms with van der Waals surface area (Å²) < 4.78 is 31.9. The van der Waals surface area contributed by atoms with E-state index >= 15 is 4.57 Å². The normalized spacial score (nSPS) is 26.1. The Balaban J connectivity index is 1.35. The zero-order valence-corrected chi connectivity index (χ0v) is 35.4. The van der Waals surface area contributed by atoms with Crippen LogP contribution in [-0.4, -0.2) is 64.4 Å². The van der Waals surface area contributed by atoms with Gasteiger partial charge in [0.2, 0.25) is 0 Å². The largest absolute Gasteiger partial charge is 0.400 e. The van der Waals surface area contributed by atoms with Crippen molar-refractivity contribution in [3.05, 3.63) is 152 Å². The van der Waals surface area contributed by atoms with E-state index in [2.05, 4.69) is 180 Å². The van der Waals surface area contributed by atoms with E-state index < -0.39 is 29.9 Å². The van der Waals surface area contributed by atoms with Crippen LogP contribution in [-0.2, 0) is 18.3 Å². The SMILES string of the molecule is CC(C)(C)[Si](O[C@H]1[C@H]2[C@H]3[C@H](CC[P@]3(=O)c3ccccc3)ON2C[C@@H]1O[Si](c1ccccc1)(c1ccccc1)C(C)(C)C)(c1ccccc1)c1ccccc1. The Bertz CT molecular complexity index is 1990. The van der Waals surface area contributed by atoms with E-state index in [0.29, 0.717) is 12.7 Å². The molecule has 0 spiro atoms. The first-order valence-electron chi connectivity index (χ1n) is 19.6. The van der Waals surface area contributed by atoms with Crippen molar-refractivity contribution >= 4 is 49.8 Å². The van der Waals surface area contributed by atoms with Gasteiger partial charge in [-0.25, -0.2) is 0 Å². The number of fused-ring (bicyclic) bond motifs is 3. The fourth-order valence-electron chi connectivity index (χ4n) is 9.97. The Labute approximate surface area is 324 Å². The zero-order chi connectivity index (χ0) is 37.8. The topological polar surface area (TPSA) is 48.0 Å². The highest BCUT2D eigenvalue weighted by atomic mass is 31.2. The molecule has 8 rings (SSSR count). The monoisotopic (exact) mass is 771 g/mol. The van der Waals surface area contributed by atoms with Crippen LogP contribution in [0.3, 0.4) is 0 Å². The summed E-state index contributed by atoms with van der Waals surface area (Å²) >= 11 is 0. The summed E-state index contributed by atoms with van der Waals surface area (Å²) in [7, 11) is -9.02. The maximum atomic E-state index is 15.6. The molecule has 0 bridgehead atoms. The first-order valence-corrected chi connectivity index (χ1v) is 25.3. The summed E-state index contributed by atoms with van der Waals surface area (Å²) in [4.78, 5) is 6.94. The van der Waals surface area contributed by atoms with E-state index in [1.165, 1.54) is 20.7 Å². The Morgan fingerprint density at radius 2 is 0.981 bits per heavy atom. The van der Waals surface area contributed by atoms with E-state index in [1.54, 1.807) is 0 Å². The minimum Gasteiger partial charge on any atom is -0.400 e. The maximum Gasteiger partial charge on any atom is 0.261 e. The predicted octanol–water partition coefficient (Wildman–Crippen LogP) is 7.34. The third-order valence-electron chi connectivity index (χ3n) is 12.3. The molecule has 3 heterocycles. The summed E-state index contributed by atoms with van der Waals surface area (Å²) in [5, 5.41) is 7.50. The van der Waals surface area contributed by atoms with Crippen LogP contribution >= 0.6 is 7.14 Å². The number of hydrogen-bond acceptors (Lipinski definition) is 5. The first-order chi connectivity index (χ1) is 25.9. The van der Waals surface area contributed by atoms with E-state index in [1.807, 2.05) is 18.2 Å². The molecule has 3 aliphatic heterocycles. The van der Waals surface area contributed by atoms with Crippen molar-refractivity contribution in [1.82, 2.24) is 5.06 Å². The van der Waals surface area contributed by atoms with Crippen LogP contribution in [0.5, 0.6) is 0 Å². The van der Waals surface area contributed by atoms with Crippen molar-refractivity contribution in [1.29, 1.82) is 0 Å². The summed E-state index contributed by atoms with van der Waals surface area (Å²) in [6, 6.07) is 53.5. The van der Waals surface area contributed by atoms with Crippen molar-refractivity contribution in [3.63, 3.8) is 0 Å². The van der Waals surface area contributed by atoms with Gasteiger partial charge in [0.15, 0.2) is 0 Å². The van der Waals surface area contributed by atoms with Crippen LogP contribution in [0, 0.1) is 0 Å². The molecule has 0 radical (unpaired) electrons. The smallest absolute Gasteiger partial charge is 0.261 e. The molecule has 8 heteroatoms. The van der Waals surface area contributed by atoms with E-state index in [9.17, 15) is 0 Å². The predicted molar refractivity (Wildman–Crippen MR) is 227 cm³/mol. The van der Waals surface area contributed by atoms with E-state index in [-0.39, 0.29) is 34.0 Å². The molecule has 3 fully saturated rings. The van der Waals surface area contributed by atoms with Gasteiger partial charge >= 0.3 is 0 Å². The molecule has 0 aromatic heterocycles. The highest BCUT2D eigenvalue weighted by Gasteiger charge is 2.67. The maximum absolute atomic E-state index is 15.6. The van der Waals surface area contributed by atoms with E-state index in [4.69, 9.17) is 13.7 Å². The number of benzene rings is 5. The lowest BCUT2D eigenvalue weighted by Gasteiger charge is -2.49. The molecular weight excluding hydrogens is 718 g/mol. The van der Waals surface area contributed by atoms with Crippen LogP contribution in [0.25, 0.3) is 0 Å². The number of hydrogen-bond donors (Lipinski definition) is 0. The van der Waals surface area contributed by atoms with Gasteiger partial charge in [0.25, 0.3) is 16.6 Å². The van der Waals surface area contributed by atoms with Gasteiger partial charge in [0, 0.05) is 11.5 Å².